The molecule has 0 aliphatic carbocycles. The van der Waals surface area contributed by atoms with Gasteiger partial charge in [0.2, 0.25) is 0 Å². The van der Waals surface area contributed by atoms with E-state index in [1.165, 1.54) is 27.3 Å². The molecule has 0 bridgehead atoms. The Morgan fingerprint density at radius 1 is 0.425 bits per heavy atom. The van der Waals surface area contributed by atoms with Gasteiger partial charge in [-0.05, 0) is 46.2 Å². The van der Waals surface area contributed by atoms with Gasteiger partial charge >= 0.3 is 0 Å². The first-order chi connectivity index (χ1) is 19.8. The highest BCUT2D eigenvalue weighted by molar-refractivity contribution is 6.13. The maximum Gasteiger partial charge on any atom is 0.0972 e. The highest BCUT2D eigenvalue weighted by atomic mass is 14.8. The van der Waals surface area contributed by atoms with E-state index < -0.39 is 0 Å². The van der Waals surface area contributed by atoms with Crippen LogP contribution in [0, 0.1) is 0 Å². The van der Waals surface area contributed by atoms with Crippen molar-refractivity contribution in [2.24, 2.45) is 0 Å². The van der Waals surface area contributed by atoms with E-state index in [0.29, 0.717) is 0 Å². The molecule has 0 saturated heterocycles. The van der Waals surface area contributed by atoms with Crippen molar-refractivity contribution in [1.29, 1.82) is 0 Å². The Bertz CT molecular complexity index is 2200. The van der Waals surface area contributed by atoms with Gasteiger partial charge < -0.3 is 0 Å². The van der Waals surface area contributed by atoms with Gasteiger partial charge in [0.05, 0.1) is 27.9 Å². The smallest absolute Gasteiger partial charge is 0.0972 e. The van der Waals surface area contributed by atoms with E-state index in [4.69, 9.17) is 9.97 Å². The zero-order valence-electron chi connectivity index (χ0n) is 21.6. The minimum absolute atomic E-state index is 0.926. The number of hydrogen-bond acceptors (Lipinski definition) is 3. The van der Waals surface area contributed by atoms with Crippen molar-refractivity contribution in [3.8, 4) is 33.6 Å². The molecule has 3 aromatic heterocycles. The van der Waals surface area contributed by atoms with Gasteiger partial charge in [-0.1, -0.05) is 109 Å². The van der Waals surface area contributed by atoms with Crippen molar-refractivity contribution in [2.45, 2.75) is 0 Å². The fraction of sp³-hybridized carbons (Fsp3) is 0. The van der Waals surface area contributed by atoms with E-state index in [1.54, 1.807) is 0 Å². The van der Waals surface area contributed by atoms with Gasteiger partial charge in [-0.25, -0.2) is 9.97 Å². The summed E-state index contributed by atoms with van der Waals surface area (Å²) < 4.78 is 0. The lowest BCUT2D eigenvalue weighted by Crippen LogP contribution is -1.92. The van der Waals surface area contributed by atoms with Crippen LogP contribution >= 0.6 is 0 Å². The average Bonchev–Trinajstić information content (AvgIpc) is 3.04. The quantitative estimate of drug-likeness (QED) is 0.223. The Hall–Kier alpha value is -5.41. The Morgan fingerprint density at radius 2 is 1.10 bits per heavy atom. The van der Waals surface area contributed by atoms with Gasteiger partial charge in [0.1, 0.15) is 0 Å². The summed E-state index contributed by atoms with van der Waals surface area (Å²) in [5.41, 5.74) is 9.25. The third kappa shape index (κ3) is 3.71. The lowest BCUT2D eigenvalue weighted by atomic mass is 9.94. The predicted molar refractivity (Wildman–Crippen MR) is 166 cm³/mol. The molecular formula is C37H23N3. The molecule has 3 heterocycles. The van der Waals surface area contributed by atoms with Crippen LogP contribution in [0.25, 0.3) is 77.1 Å². The van der Waals surface area contributed by atoms with Crippen LogP contribution in [-0.2, 0) is 0 Å². The Labute approximate surface area is 231 Å². The Morgan fingerprint density at radius 3 is 1.95 bits per heavy atom. The molecular weight excluding hydrogens is 486 g/mol. The highest BCUT2D eigenvalue weighted by Crippen LogP contribution is 2.37. The van der Waals surface area contributed by atoms with Crippen molar-refractivity contribution in [2.75, 3.05) is 0 Å². The van der Waals surface area contributed by atoms with E-state index in [9.17, 15) is 0 Å². The first-order valence-corrected chi connectivity index (χ1v) is 13.5. The Kier molecular flexibility index (Phi) is 5.14. The van der Waals surface area contributed by atoms with Crippen LogP contribution in [0.3, 0.4) is 0 Å². The van der Waals surface area contributed by atoms with Gasteiger partial charge in [-0.15, -0.1) is 0 Å². The molecule has 0 radical (unpaired) electrons. The molecule has 40 heavy (non-hydrogen) atoms. The molecule has 0 unspecified atom stereocenters. The molecule has 186 valence electrons. The van der Waals surface area contributed by atoms with Crippen molar-refractivity contribution < 1.29 is 0 Å². The summed E-state index contributed by atoms with van der Waals surface area (Å²) in [6.45, 7) is 0. The summed E-state index contributed by atoms with van der Waals surface area (Å²) in [5.74, 6) is 0. The van der Waals surface area contributed by atoms with Crippen LogP contribution in [0.1, 0.15) is 0 Å². The molecule has 0 spiro atoms. The summed E-state index contributed by atoms with van der Waals surface area (Å²) in [7, 11) is 0. The maximum atomic E-state index is 5.14. The second kappa shape index (κ2) is 9.11. The minimum atomic E-state index is 0.926. The number of pyridine rings is 3. The summed E-state index contributed by atoms with van der Waals surface area (Å²) in [6.07, 6.45) is 1.83. The fourth-order valence-corrected chi connectivity index (χ4v) is 5.70. The molecule has 3 heteroatoms. The first-order valence-electron chi connectivity index (χ1n) is 13.5. The van der Waals surface area contributed by atoms with Crippen LogP contribution < -0.4 is 0 Å². The monoisotopic (exact) mass is 509 g/mol. The Balaban J connectivity index is 1.26. The third-order valence-electron chi connectivity index (χ3n) is 7.69. The zero-order valence-corrected chi connectivity index (χ0v) is 21.6. The molecule has 8 rings (SSSR count). The van der Waals surface area contributed by atoms with Crippen LogP contribution in [0.4, 0.5) is 0 Å². The van der Waals surface area contributed by atoms with Gasteiger partial charge in [-0.2, -0.15) is 0 Å². The molecule has 0 N–H and O–H groups in total. The summed E-state index contributed by atoms with van der Waals surface area (Å²) in [5, 5.41) is 5.81. The van der Waals surface area contributed by atoms with Crippen molar-refractivity contribution in [3.05, 3.63) is 140 Å². The molecule has 3 nitrogen and oxygen atoms in total. The second-order valence-corrected chi connectivity index (χ2v) is 10.1. The summed E-state index contributed by atoms with van der Waals surface area (Å²) >= 11 is 0. The van der Waals surface area contributed by atoms with E-state index in [1.807, 2.05) is 12.3 Å². The molecule has 0 atom stereocenters. The molecule has 0 aliphatic heterocycles. The molecule has 5 aromatic carbocycles. The minimum Gasteiger partial charge on any atom is -0.254 e. The van der Waals surface area contributed by atoms with Crippen LogP contribution in [0.5, 0.6) is 0 Å². The van der Waals surface area contributed by atoms with Gasteiger partial charge in [0.15, 0.2) is 0 Å². The summed E-state index contributed by atoms with van der Waals surface area (Å²) in [4.78, 5) is 14.8. The SMILES string of the molecule is c1ccc(-c2cc(-c3ccc(-c4ccc5ccc6cccnc6c5n4)cc3)nc3ccc4ccccc4c23)cc1. The lowest BCUT2D eigenvalue weighted by Gasteiger charge is -2.13. The van der Waals surface area contributed by atoms with E-state index >= 15 is 0 Å². The average molecular weight is 510 g/mol. The molecule has 0 saturated carbocycles. The lowest BCUT2D eigenvalue weighted by molar-refractivity contribution is 1.36. The number of aromatic nitrogens is 3. The van der Waals surface area contributed by atoms with E-state index in [-0.39, 0.29) is 0 Å². The topological polar surface area (TPSA) is 38.7 Å². The van der Waals surface area contributed by atoms with Gasteiger partial charge in [-0.3, -0.25) is 4.98 Å². The number of fused-ring (bicyclic) bond motifs is 6. The predicted octanol–water partition coefficient (Wildman–Crippen LogP) is 9.49. The van der Waals surface area contributed by atoms with Crippen molar-refractivity contribution >= 4 is 43.5 Å². The van der Waals surface area contributed by atoms with Gasteiger partial charge in [0, 0.05) is 33.5 Å². The van der Waals surface area contributed by atoms with E-state index in [2.05, 4.69) is 132 Å². The largest absolute Gasteiger partial charge is 0.254 e. The third-order valence-corrected chi connectivity index (χ3v) is 7.69. The highest BCUT2D eigenvalue weighted by Gasteiger charge is 2.13. The standard InChI is InChI=1S/C37H23N3/c1-2-7-24(8-3-1)31-23-34(39-33-21-18-25-9-4-5-11-30(25)35(31)33)27-14-12-26(13-15-27)32-20-19-29-17-16-28-10-6-22-38-36(28)37(29)40-32/h1-23H. The molecule has 0 aliphatic rings. The van der Waals surface area contributed by atoms with E-state index in [0.717, 1.165) is 49.8 Å². The number of nitrogens with zero attached hydrogens (tertiary/aromatic N) is 3. The number of benzene rings is 5. The van der Waals surface area contributed by atoms with Crippen LogP contribution in [-0.4, -0.2) is 15.0 Å². The number of hydrogen-bond donors (Lipinski definition) is 0. The first kappa shape index (κ1) is 22.6. The zero-order chi connectivity index (χ0) is 26.5. The normalized spacial score (nSPS) is 11.5. The van der Waals surface area contributed by atoms with Crippen LogP contribution in [0.15, 0.2) is 140 Å². The molecule has 0 amide bonds. The van der Waals surface area contributed by atoms with Crippen molar-refractivity contribution in [3.63, 3.8) is 0 Å². The summed E-state index contributed by atoms with van der Waals surface area (Å²) in [6, 6.07) is 46.7. The van der Waals surface area contributed by atoms with Gasteiger partial charge in [0.25, 0.3) is 0 Å². The fourth-order valence-electron chi connectivity index (χ4n) is 5.70. The number of rotatable bonds is 3. The maximum absolute atomic E-state index is 5.14. The molecule has 8 aromatic rings. The molecule has 0 fully saturated rings. The second-order valence-electron chi connectivity index (χ2n) is 10.1. The van der Waals surface area contributed by atoms with Crippen LogP contribution in [0.2, 0.25) is 0 Å². The van der Waals surface area contributed by atoms with Crippen molar-refractivity contribution in [1.82, 2.24) is 15.0 Å².